The van der Waals surface area contributed by atoms with Gasteiger partial charge in [-0.05, 0) is 42.7 Å². The van der Waals surface area contributed by atoms with Crippen molar-refractivity contribution < 1.29 is 9.59 Å². The third-order valence-corrected chi connectivity index (χ3v) is 5.57. The van der Waals surface area contributed by atoms with Gasteiger partial charge >= 0.3 is 0 Å². The number of aromatic amines is 1. The van der Waals surface area contributed by atoms with Crippen LogP contribution in [0.3, 0.4) is 0 Å². The van der Waals surface area contributed by atoms with E-state index in [1.165, 1.54) is 6.07 Å². The molecule has 2 aromatic carbocycles. The molecule has 1 unspecified atom stereocenters. The predicted octanol–water partition coefficient (Wildman–Crippen LogP) is 3.30. The van der Waals surface area contributed by atoms with Gasteiger partial charge in [0.05, 0.1) is 11.6 Å². The first-order valence-electron chi connectivity index (χ1n) is 10.3. The summed E-state index contributed by atoms with van der Waals surface area (Å²) in [5.74, 6) is -0.643. The third kappa shape index (κ3) is 4.26. The zero-order chi connectivity index (χ0) is 22.0. The predicted molar refractivity (Wildman–Crippen MR) is 120 cm³/mol. The van der Waals surface area contributed by atoms with Gasteiger partial charge in [-0.15, -0.1) is 0 Å². The van der Waals surface area contributed by atoms with E-state index in [2.05, 4.69) is 22.4 Å². The van der Waals surface area contributed by atoms with Gasteiger partial charge in [0, 0.05) is 36.0 Å². The second-order valence-corrected chi connectivity index (χ2v) is 7.72. The van der Waals surface area contributed by atoms with Gasteiger partial charge in [-0.2, -0.15) is 5.10 Å². The number of hydrogen-bond donors (Lipinski definition) is 2. The lowest BCUT2D eigenvalue weighted by atomic mass is 10.0. The van der Waals surface area contributed by atoms with E-state index < -0.39 is 5.92 Å². The van der Waals surface area contributed by atoms with Crippen LogP contribution in [0.25, 0.3) is 11.3 Å². The molecule has 1 atom stereocenters. The number of amides is 2. The SMILES string of the molecule is CCc1cccc(C)c1N1CC(C(=O)Nc2cccc(-c3ccc(=O)[nH]n3)c2)CC1=O. The molecular weight excluding hydrogens is 392 g/mol. The van der Waals surface area contributed by atoms with Crippen LogP contribution in [-0.2, 0) is 16.0 Å². The Hall–Kier alpha value is -3.74. The number of para-hydroxylation sites is 1. The van der Waals surface area contributed by atoms with Gasteiger partial charge in [0.2, 0.25) is 11.8 Å². The van der Waals surface area contributed by atoms with E-state index in [1.54, 1.807) is 23.1 Å². The van der Waals surface area contributed by atoms with Gasteiger partial charge in [-0.3, -0.25) is 14.4 Å². The average molecular weight is 416 g/mol. The molecule has 0 aliphatic carbocycles. The fraction of sp³-hybridized carbons (Fsp3) is 0.250. The summed E-state index contributed by atoms with van der Waals surface area (Å²) < 4.78 is 0. The lowest BCUT2D eigenvalue weighted by Gasteiger charge is -2.22. The number of carbonyl (C=O) groups is 2. The van der Waals surface area contributed by atoms with Gasteiger partial charge in [-0.25, -0.2) is 5.10 Å². The third-order valence-electron chi connectivity index (χ3n) is 5.57. The van der Waals surface area contributed by atoms with Crippen LogP contribution in [0.1, 0.15) is 24.5 Å². The second kappa shape index (κ2) is 8.55. The zero-order valence-electron chi connectivity index (χ0n) is 17.5. The van der Waals surface area contributed by atoms with Crippen LogP contribution >= 0.6 is 0 Å². The van der Waals surface area contributed by atoms with Gasteiger partial charge in [-0.1, -0.05) is 37.3 Å². The smallest absolute Gasteiger partial charge is 0.264 e. The highest BCUT2D eigenvalue weighted by molar-refractivity contribution is 6.04. The van der Waals surface area contributed by atoms with E-state index >= 15 is 0 Å². The largest absolute Gasteiger partial charge is 0.326 e. The minimum absolute atomic E-state index is 0.0321. The molecule has 31 heavy (non-hydrogen) atoms. The average Bonchev–Trinajstić information content (AvgIpc) is 3.15. The summed E-state index contributed by atoms with van der Waals surface area (Å²) in [6, 6.07) is 16.3. The Morgan fingerprint density at radius 1 is 1.16 bits per heavy atom. The highest BCUT2D eigenvalue weighted by atomic mass is 16.2. The summed E-state index contributed by atoms with van der Waals surface area (Å²) in [7, 11) is 0. The quantitative estimate of drug-likeness (QED) is 0.667. The molecule has 1 aliphatic heterocycles. The number of aryl methyl sites for hydroxylation is 2. The fourth-order valence-electron chi connectivity index (χ4n) is 4.00. The summed E-state index contributed by atoms with van der Waals surface area (Å²) >= 11 is 0. The van der Waals surface area contributed by atoms with E-state index in [0.717, 1.165) is 28.8 Å². The van der Waals surface area contributed by atoms with E-state index in [1.807, 2.05) is 37.3 Å². The molecule has 0 saturated carbocycles. The summed E-state index contributed by atoms with van der Waals surface area (Å²) in [5, 5.41) is 9.35. The number of rotatable bonds is 5. The van der Waals surface area contributed by atoms with Crippen molar-refractivity contribution in [3.8, 4) is 11.3 Å². The van der Waals surface area contributed by atoms with Crippen molar-refractivity contribution in [2.75, 3.05) is 16.8 Å². The summed E-state index contributed by atoms with van der Waals surface area (Å²) in [6.07, 6.45) is 1.01. The molecule has 0 radical (unpaired) electrons. The first-order chi connectivity index (χ1) is 15.0. The molecule has 0 spiro atoms. The van der Waals surface area contributed by atoms with Crippen molar-refractivity contribution >= 4 is 23.2 Å². The molecule has 1 aliphatic rings. The number of H-pyrrole nitrogens is 1. The molecule has 158 valence electrons. The number of anilines is 2. The Bertz CT molecular complexity index is 1180. The monoisotopic (exact) mass is 416 g/mol. The highest BCUT2D eigenvalue weighted by Crippen LogP contribution is 2.32. The topological polar surface area (TPSA) is 95.2 Å². The normalized spacial score (nSPS) is 15.9. The summed E-state index contributed by atoms with van der Waals surface area (Å²) in [4.78, 5) is 38.6. The Labute approximate surface area is 180 Å². The van der Waals surface area contributed by atoms with E-state index in [-0.39, 0.29) is 23.8 Å². The molecule has 0 bridgehead atoms. The lowest BCUT2D eigenvalue weighted by molar-refractivity contribution is -0.122. The number of nitrogens with zero attached hydrogens (tertiary/aromatic N) is 2. The van der Waals surface area contributed by atoms with Crippen LogP contribution in [0.5, 0.6) is 0 Å². The molecule has 7 heteroatoms. The summed E-state index contributed by atoms with van der Waals surface area (Å²) in [6.45, 7) is 4.42. The maximum Gasteiger partial charge on any atom is 0.264 e. The molecule has 4 rings (SSSR count). The molecule has 1 fully saturated rings. The fourth-order valence-corrected chi connectivity index (χ4v) is 4.00. The van der Waals surface area contributed by atoms with Gasteiger partial charge in [0.25, 0.3) is 5.56 Å². The standard InChI is InChI=1S/C24H24N4O3/c1-3-16-7-4-6-15(2)23(16)28-14-18(13-22(28)30)24(31)25-19-9-5-8-17(12-19)20-10-11-21(29)27-26-20/h4-12,18H,3,13-14H2,1-2H3,(H,25,31)(H,27,29). The first kappa shape index (κ1) is 20.5. The van der Waals surface area contributed by atoms with E-state index in [4.69, 9.17) is 0 Å². The number of carbonyl (C=O) groups excluding carboxylic acids is 2. The molecule has 7 nitrogen and oxygen atoms in total. The molecule has 1 saturated heterocycles. The van der Waals surface area contributed by atoms with Gasteiger partial charge in [0.15, 0.2) is 0 Å². The Balaban J connectivity index is 1.50. The first-order valence-corrected chi connectivity index (χ1v) is 10.3. The Kier molecular flexibility index (Phi) is 5.66. The lowest BCUT2D eigenvalue weighted by Crippen LogP contribution is -2.29. The Morgan fingerprint density at radius 3 is 2.71 bits per heavy atom. The summed E-state index contributed by atoms with van der Waals surface area (Å²) in [5.41, 5.74) is 4.78. The number of nitrogens with one attached hydrogen (secondary N) is 2. The van der Waals surface area contributed by atoms with Crippen molar-refractivity contribution in [1.29, 1.82) is 0 Å². The van der Waals surface area contributed by atoms with Crippen LogP contribution < -0.4 is 15.8 Å². The Morgan fingerprint density at radius 2 is 1.97 bits per heavy atom. The maximum atomic E-state index is 12.9. The van der Waals surface area contributed by atoms with Crippen molar-refractivity contribution in [2.24, 2.45) is 5.92 Å². The van der Waals surface area contributed by atoms with Crippen molar-refractivity contribution in [1.82, 2.24) is 10.2 Å². The molecule has 2 heterocycles. The number of benzene rings is 2. The van der Waals surface area contributed by atoms with Gasteiger partial charge in [0.1, 0.15) is 0 Å². The van der Waals surface area contributed by atoms with Crippen LogP contribution in [0.2, 0.25) is 0 Å². The minimum atomic E-state index is -0.424. The van der Waals surface area contributed by atoms with E-state index in [0.29, 0.717) is 17.9 Å². The van der Waals surface area contributed by atoms with E-state index in [9.17, 15) is 14.4 Å². The van der Waals surface area contributed by atoms with Crippen LogP contribution in [0.4, 0.5) is 11.4 Å². The van der Waals surface area contributed by atoms with Crippen LogP contribution in [-0.4, -0.2) is 28.6 Å². The van der Waals surface area contributed by atoms with Crippen LogP contribution in [0, 0.1) is 12.8 Å². The molecule has 1 aromatic heterocycles. The van der Waals surface area contributed by atoms with Crippen LogP contribution in [0.15, 0.2) is 59.4 Å². The van der Waals surface area contributed by atoms with Crippen molar-refractivity contribution in [3.05, 3.63) is 76.1 Å². The number of hydrogen-bond acceptors (Lipinski definition) is 4. The highest BCUT2D eigenvalue weighted by Gasteiger charge is 2.36. The minimum Gasteiger partial charge on any atom is -0.326 e. The molecule has 3 aromatic rings. The molecule has 2 amide bonds. The van der Waals surface area contributed by atoms with Gasteiger partial charge < -0.3 is 10.2 Å². The second-order valence-electron chi connectivity index (χ2n) is 7.72. The molecule has 2 N–H and O–H groups in total. The van der Waals surface area contributed by atoms with Crippen molar-refractivity contribution in [3.63, 3.8) is 0 Å². The maximum absolute atomic E-state index is 12.9. The molecular formula is C24H24N4O3. The zero-order valence-corrected chi connectivity index (χ0v) is 17.5. The number of aromatic nitrogens is 2. The van der Waals surface area contributed by atoms with Crippen molar-refractivity contribution in [2.45, 2.75) is 26.7 Å².